The van der Waals surface area contributed by atoms with Crippen LogP contribution < -0.4 is 0 Å². The molecule has 2 heteroatoms. The van der Waals surface area contributed by atoms with Crippen molar-refractivity contribution in [1.82, 2.24) is 0 Å². The topological polar surface area (TPSA) is 20.2 Å². The van der Waals surface area contributed by atoms with Crippen molar-refractivity contribution in [2.24, 2.45) is 5.92 Å². The van der Waals surface area contributed by atoms with Gasteiger partial charge in [0.2, 0.25) is 0 Å². The molecule has 0 amide bonds. The van der Waals surface area contributed by atoms with Crippen molar-refractivity contribution in [1.29, 1.82) is 0 Å². The molecular weight excluding hydrogens is 160 g/mol. The molecule has 1 rings (SSSR count). The monoisotopic (exact) mass is 176 g/mol. The Balaban J connectivity index is 2.12. The summed E-state index contributed by atoms with van der Waals surface area (Å²) in [4.78, 5) is 0. The van der Waals surface area contributed by atoms with Gasteiger partial charge in [-0.2, -0.15) is 0 Å². The van der Waals surface area contributed by atoms with Gasteiger partial charge >= 0.3 is 0 Å². The van der Waals surface area contributed by atoms with Gasteiger partial charge < -0.3 is 5.11 Å². The van der Waals surface area contributed by atoms with Crippen molar-refractivity contribution in [3.8, 4) is 0 Å². The normalized spacial score (nSPS) is 22.4. The fraction of sp³-hybridized carbons (Fsp3) is 1.00. The van der Waals surface area contributed by atoms with E-state index in [4.69, 9.17) is 16.7 Å². The van der Waals surface area contributed by atoms with E-state index in [0.29, 0.717) is 5.38 Å². The van der Waals surface area contributed by atoms with E-state index in [-0.39, 0.29) is 6.61 Å². The fourth-order valence-corrected chi connectivity index (χ4v) is 2.25. The van der Waals surface area contributed by atoms with Crippen LogP contribution in [0.15, 0.2) is 0 Å². The Kier molecular flexibility index (Phi) is 4.24. The molecule has 0 saturated heterocycles. The molecule has 66 valence electrons. The van der Waals surface area contributed by atoms with Crippen LogP contribution in [0, 0.1) is 5.92 Å². The summed E-state index contributed by atoms with van der Waals surface area (Å²) in [6, 6.07) is 0. The zero-order valence-corrected chi connectivity index (χ0v) is 7.69. The van der Waals surface area contributed by atoms with E-state index >= 15 is 0 Å². The maximum Gasteiger partial charge on any atom is 0.0431 e. The van der Waals surface area contributed by atoms with Crippen molar-refractivity contribution >= 4 is 11.6 Å². The molecule has 0 heterocycles. The van der Waals surface area contributed by atoms with Gasteiger partial charge in [0, 0.05) is 12.0 Å². The van der Waals surface area contributed by atoms with Gasteiger partial charge in [-0.3, -0.25) is 0 Å². The molecule has 1 unspecified atom stereocenters. The lowest BCUT2D eigenvalue weighted by atomic mass is 10.0. The summed E-state index contributed by atoms with van der Waals surface area (Å²) in [7, 11) is 0. The molecular formula is C9H17ClO. The fourth-order valence-electron chi connectivity index (χ4n) is 1.84. The molecule has 11 heavy (non-hydrogen) atoms. The molecule has 1 N–H and O–H groups in total. The third kappa shape index (κ3) is 3.00. The van der Waals surface area contributed by atoms with E-state index in [2.05, 4.69) is 0 Å². The minimum absolute atomic E-state index is 0.288. The highest BCUT2D eigenvalue weighted by molar-refractivity contribution is 6.20. The largest absolute Gasteiger partial charge is 0.396 e. The lowest BCUT2D eigenvalue weighted by molar-refractivity contribution is 0.279. The lowest BCUT2D eigenvalue weighted by Gasteiger charge is -2.15. The predicted octanol–water partition coefficient (Wildman–Crippen LogP) is 2.56. The summed E-state index contributed by atoms with van der Waals surface area (Å²) >= 11 is 6.15. The first-order valence-electron chi connectivity index (χ1n) is 4.59. The van der Waals surface area contributed by atoms with Crippen LogP contribution in [0.3, 0.4) is 0 Å². The minimum Gasteiger partial charge on any atom is -0.396 e. The maximum absolute atomic E-state index is 8.60. The van der Waals surface area contributed by atoms with Crippen LogP contribution in [0.4, 0.5) is 0 Å². The van der Waals surface area contributed by atoms with Crippen molar-refractivity contribution in [3.05, 3.63) is 0 Å². The third-order valence-corrected chi connectivity index (χ3v) is 3.12. The van der Waals surface area contributed by atoms with Crippen LogP contribution in [0.25, 0.3) is 0 Å². The van der Waals surface area contributed by atoms with E-state index in [0.717, 1.165) is 18.8 Å². The Bertz CT molecular complexity index is 99.7. The van der Waals surface area contributed by atoms with E-state index in [1.807, 2.05) is 0 Å². The number of rotatable bonds is 4. The molecule has 1 saturated carbocycles. The van der Waals surface area contributed by atoms with E-state index in [1.54, 1.807) is 0 Å². The molecule has 0 aromatic rings. The number of hydrogen-bond donors (Lipinski definition) is 1. The Morgan fingerprint density at radius 2 is 2.00 bits per heavy atom. The second-order valence-corrected chi connectivity index (χ2v) is 3.99. The average Bonchev–Trinajstić information content (AvgIpc) is 2.52. The van der Waals surface area contributed by atoms with Crippen LogP contribution >= 0.6 is 11.6 Å². The molecule has 0 spiro atoms. The van der Waals surface area contributed by atoms with Gasteiger partial charge in [0.05, 0.1) is 0 Å². The first kappa shape index (κ1) is 9.34. The second kappa shape index (κ2) is 5.00. The number of hydrogen-bond acceptors (Lipinski definition) is 1. The summed E-state index contributed by atoms with van der Waals surface area (Å²) in [6.45, 7) is 0.288. The van der Waals surface area contributed by atoms with Crippen LogP contribution in [-0.2, 0) is 0 Å². The van der Waals surface area contributed by atoms with Crippen LogP contribution in [0.5, 0.6) is 0 Å². The first-order chi connectivity index (χ1) is 5.34. The molecule has 1 atom stereocenters. The minimum atomic E-state index is 0.288. The molecule has 0 bridgehead atoms. The summed E-state index contributed by atoms with van der Waals surface area (Å²) in [5, 5.41) is 8.92. The Labute approximate surface area is 73.8 Å². The number of halogens is 1. The molecule has 1 aliphatic rings. The smallest absolute Gasteiger partial charge is 0.0431 e. The van der Waals surface area contributed by atoms with Gasteiger partial charge in [-0.15, -0.1) is 11.6 Å². The zero-order valence-electron chi connectivity index (χ0n) is 6.93. The number of aliphatic hydroxyl groups excluding tert-OH is 1. The third-order valence-electron chi connectivity index (χ3n) is 2.55. The summed E-state index contributed by atoms with van der Waals surface area (Å²) < 4.78 is 0. The summed E-state index contributed by atoms with van der Waals surface area (Å²) in [5.74, 6) is 0.739. The van der Waals surface area contributed by atoms with E-state index < -0.39 is 0 Å². The van der Waals surface area contributed by atoms with Gasteiger partial charge in [-0.1, -0.05) is 12.8 Å². The molecule has 1 nitrogen and oxygen atoms in total. The summed E-state index contributed by atoms with van der Waals surface area (Å²) in [5.41, 5.74) is 0. The Hall–Kier alpha value is 0.250. The first-order valence-corrected chi connectivity index (χ1v) is 5.03. The molecule has 1 fully saturated rings. The standard InChI is InChI=1S/C9H17ClO/c10-9(6-3-7-11)8-4-1-2-5-8/h8-9,11H,1-7H2. The van der Waals surface area contributed by atoms with E-state index in [9.17, 15) is 0 Å². The maximum atomic E-state index is 8.60. The van der Waals surface area contributed by atoms with Crippen molar-refractivity contribution in [3.63, 3.8) is 0 Å². The Morgan fingerprint density at radius 3 is 2.55 bits per heavy atom. The van der Waals surface area contributed by atoms with Gasteiger partial charge in [0.1, 0.15) is 0 Å². The van der Waals surface area contributed by atoms with Gasteiger partial charge in [-0.25, -0.2) is 0 Å². The highest BCUT2D eigenvalue weighted by Crippen LogP contribution is 2.32. The van der Waals surface area contributed by atoms with Crippen molar-refractivity contribution in [2.45, 2.75) is 43.9 Å². The van der Waals surface area contributed by atoms with Gasteiger partial charge in [-0.05, 0) is 31.6 Å². The number of alkyl halides is 1. The average molecular weight is 177 g/mol. The van der Waals surface area contributed by atoms with Crippen LogP contribution in [-0.4, -0.2) is 17.1 Å². The highest BCUT2D eigenvalue weighted by Gasteiger charge is 2.22. The highest BCUT2D eigenvalue weighted by atomic mass is 35.5. The lowest BCUT2D eigenvalue weighted by Crippen LogP contribution is -2.11. The second-order valence-electron chi connectivity index (χ2n) is 3.43. The molecule has 0 aromatic carbocycles. The quantitative estimate of drug-likeness (QED) is 0.653. The number of aliphatic hydroxyl groups is 1. The van der Waals surface area contributed by atoms with Crippen molar-refractivity contribution in [2.75, 3.05) is 6.61 Å². The molecule has 1 aliphatic carbocycles. The van der Waals surface area contributed by atoms with Gasteiger partial charge in [0.25, 0.3) is 0 Å². The van der Waals surface area contributed by atoms with Gasteiger partial charge in [0.15, 0.2) is 0 Å². The zero-order chi connectivity index (χ0) is 8.10. The van der Waals surface area contributed by atoms with Crippen LogP contribution in [0.2, 0.25) is 0 Å². The summed E-state index contributed by atoms with van der Waals surface area (Å²) in [6.07, 6.45) is 7.17. The molecule has 0 radical (unpaired) electrons. The van der Waals surface area contributed by atoms with Crippen LogP contribution in [0.1, 0.15) is 38.5 Å². The SMILES string of the molecule is OCCCC(Cl)C1CCCC1. The van der Waals surface area contributed by atoms with Crippen molar-refractivity contribution < 1.29 is 5.11 Å². The molecule has 0 aromatic heterocycles. The molecule has 0 aliphatic heterocycles. The predicted molar refractivity (Wildman–Crippen MR) is 47.9 cm³/mol. The van der Waals surface area contributed by atoms with E-state index in [1.165, 1.54) is 25.7 Å². The Morgan fingerprint density at radius 1 is 1.36 bits per heavy atom.